The number of anilines is 1. The summed E-state index contributed by atoms with van der Waals surface area (Å²) >= 11 is 0. The van der Waals surface area contributed by atoms with Crippen molar-refractivity contribution in [1.82, 2.24) is 5.32 Å². The van der Waals surface area contributed by atoms with Crippen molar-refractivity contribution in [3.8, 4) is 0 Å². The van der Waals surface area contributed by atoms with Crippen LogP contribution in [0.3, 0.4) is 0 Å². The topological polar surface area (TPSA) is 84.2 Å². The molecule has 2 amide bonds. The summed E-state index contributed by atoms with van der Waals surface area (Å²) < 4.78 is 0. The minimum atomic E-state index is -0.00783. The van der Waals surface area contributed by atoms with Crippen LogP contribution < -0.4 is 16.4 Å². The summed E-state index contributed by atoms with van der Waals surface area (Å²) in [4.78, 5) is 23.4. The zero-order valence-corrected chi connectivity index (χ0v) is 13.7. The molecule has 1 rings (SSSR count). The third-order valence-electron chi connectivity index (χ3n) is 3.12. The van der Waals surface area contributed by atoms with Gasteiger partial charge in [-0.2, -0.15) is 0 Å². The highest BCUT2D eigenvalue weighted by Gasteiger charge is 2.07. The van der Waals surface area contributed by atoms with Crippen LogP contribution in [0.4, 0.5) is 5.69 Å². The minimum Gasteiger partial charge on any atom is -0.352 e. The number of carbonyl (C=O) groups excluding carboxylic acids is 2. The standard InChI is InChI=1S/C17H27N3O2/c1-12(2)9-17(22)20-15-6-4-5-14(10-15)11-19-16(21)8-7-13(3)18/h4-6,10,12-13H,7-9,11,18H2,1-3H3,(H,19,21)(H,20,22). The van der Waals surface area contributed by atoms with Crippen LogP contribution in [0, 0.1) is 5.92 Å². The molecule has 0 saturated heterocycles. The summed E-state index contributed by atoms with van der Waals surface area (Å²) in [5.41, 5.74) is 7.34. The molecule has 1 aromatic carbocycles. The zero-order valence-electron chi connectivity index (χ0n) is 13.7. The van der Waals surface area contributed by atoms with Crippen molar-refractivity contribution in [3.63, 3.8) is 0 Å². The predicted octanol–water partition coefficient (Wildman–Crippen LogP) is 2.41. The van der Waals surface area contributed by atoms with Crippen molar-refractivity contribution < 1.29 is 9.59 Å². The number of rotatable bonds is 8. The van der Waals surface area contributed by atoms with Crippen LogP contribution in [0.2, 0.25) is 0 Å². The van der Waals surface area contributed by atoms with Gasteiger partial charge in [0.2, 0.25) is 11.8 Å². The normalized spacial score (nSPS) is 12.0. The van der Waals surface area contributed by atoms with Crippen LogP contribution in [-0.4, -0.2) is 17.9 Å². The number of nitrogens with two attached hydrogens (primary N) is 1. The van der Waals surface area contributed by atoms with Gasteiger partial charge in [0.15, 0.2) is 0 Å². The van der Waals surface area contributed by atoms with Crippen LogP contribution in [0.15, 0.2) is 24.3 Å². The quantitative estimate of drug-likeness (QED) is 0.689. The lowest BCUT2D eigenvalue weighted by molar-refractivity contribution is -0.121. The lowest BCUT2D eigenvalue weighted by atomic mass is 10.1. The first kappa shape index (κ1) is 18.2. The Labute approximate surface area is 132 Å². The molecular weight excluding hydrogens is 278 g/mol. The maximum Gasteiger partial charge on any atom is 0.224 e. The van der Waals surface area contributed by atoms with Gasteiger partial charge < -0.3 is 16.4 Å². The second kappa shape index (κ2) is 9.20. The van der Waals surface area contributed by atoms with E-state index < -0.39 is 0 Å². The fourth-order valence-corrected chi connectivity index (χ4v) is 1.99. The molecule has 5 heteroatoms. The van der Waals surface area contributed by atoms with Crippen LogP contribution in [0.25, 0.3) is 0 Å². The highest BCUT2D eigenvalue weighted by Crippen LogP contribution is 2.12. The highest BCUT2D eigenvalue weighted by atomic mass is 16.2. The van der Waals surface area contributed by atoms with Gasteiger partial charge in [0.05, 0.1) is 0 Å². The molecule has 0 aliphatic heterocycles. The third-order valence-corrected chi connectivity index (χ3v) is 3.12. The molecule has 1 atom stereocenters. The van der Waals surface area contributed by atoms with Gasteiger partial charge in [-0.15, -0.1) is 0 Å². The zero-order chi connectivity index (χ0) is 16.5. The lowest BCUT2D eigenvalue weighted by Crippen LogP contribution is -2.25. The van der Waals surface area contributed by atoms with E-state index in [1.54, 1.807) is 0 Å². The van der Waals surface area contributed by atoms with Crippen molar-refractivity contribution in [2.75, 3.05) is 5.32 Å². The number of benzene rings is 1. The Bertz CT molecular complexity index is 498. The molecule has 5 nitrogen and oxygen atoms in total. The van der Waals surface area contributed by atoms with E-state index in [0.717, 1.165) is 11.3 Å². The first-order valence-corrected chi connectivity index (χ1v) is 7.78. The van der Waals surface area contributed by atoms with Gasteiger partial charge in [0.1, 0.15) is 0 Å². The fourth-order valence-electron chi connectivity index (χ4n) is 1.99. The average molecular weight is 305 g/mol. The van der Waals surface area contributed by atoms with E-state index in [2.05, 4.69) is 10.6 Å². The predicted molar refractivity (Wildman–Crippen MR) is 89.3 cm³/mol. The monoisotopic (exact) mass is 305 g/mol. The number of hydrogen-bond donors (Lipinski definition) is 3. The van der Waals surface area contributed by atoms with Gasteiger partial charge in [0.25, 0.3) is 0 Å². The van der Waals surface area contributed by atoms with Crippen molar-refractivity contribution in [1.29, 1.82) is 0 Å². The third kappa shape index (κ3) is 7.78. The van der Waals surface area contributed by atoms with E-state index in [4.69, 9.17) is 5.73 Å². The van der Waals surface area contributed by atoms with Crippen molar-refractivity contribution in [2.45, 2.75) is 52.6 Å². The second-order valence-corrected chi connectivity index (χ2v) is 6.14. The molecule has 0 aromatic heterocycles. The second-order valence-electron chi connectivity index (χ2n) is 6.14. The van der Waals surface area contributed by atoms with Gasteiger partial charge in [-0.1, -0.05) is 26.0 Å². The van der Waals surface area contributed by atoms with E-state index in [1.807, 2.05) is 45.0 Å². The van der Waals surface area contributed by atoms with Crippen LogP contribution in [0.5, 0.6) is 0 Å². The van der Waals surface area contributed by atoms with Crippen molar-refractivity contribution in [2.24, 2.45) is 11.7 Å². The summed E-state index contributed by atoms with van der Waals surface area (Å²) in [6, 6.07) is 7.55. The lowest BCUT2D eigenvalue weighted by Gasteiger charge is -2.10. The van der Waals surface area contributed by atoms with E-state index in [1.165, 1.54) is 0 Å². The average Bonchev–Trinajstić information content (AvgIpc) is 2.42. The number of amides is 2. The summed E-state index contributed by atoms with van der Waals surface area (Å²) in [6.45, 7) is 6.35. The molecule has 1 aromatic rings. The Kier molecular flexibility index (Phi) is 7.60. The molecule has 1 unspecified atom stereocenters. The van der Waals surface area contributed by atoms with Crippen LogP contribution in [0.1, 0.15) is 45.6 Å². The van der Waals surface area contributed by atoms with Gasteiger partial charge in [-0.05, 0) is 37.0 Å². The van der Waals surface area contributed by atoms with Gasteiger partial charge in [-0.25, -0.2) is 0 Å². The van der Waals surface area contributed by atoms with Crippen LogP contribution in [-0.2, 0) is 16.1 Å². The smallest absolute Gasteiger partial charge is 0.224 e. The number of carbonyl (C=O) groups is 2. The van der Waals surface area contributed by atoms with E-state index >= 15 is 0 Å². The molecule has 0 spiro atoms. The Morgan fingerprint density at radius 2 is 1.91 bits per heavy atom. The molecule has 0 aliphatic carbocycles. The molecule has 22 heavy (non-hydrogen) atoms. The fraction of sp³-hybridized carbons (Fsp3) is 0.529. The van der Waals surface area contributed by atoms with Gasteiger partial charge in [-0.3, -0.25) is 9.59 Å². The Hall–Kier alpha value is -1.88. The summed E-state index contributed by atoms with van der Waals surface area (Å²) in [6.07, 6.45) is 1.61. The number of hydrogen-bond acceptors (Lipinski definition) is 3. The van der Waals surface area contributed by atoms with Crippen LogP contribution >= 0.6 is 0 Å². The maximum atomic E-state index is 11.8. The SMILES string of the molecule is CC(C)CC(=O)Nc1cccc(CNC(=O)CCC(C)N)c1. The molecule has 0 fully saturated rings. The maximum absolute atomic E-state index is 11.8. The first-order chi connectivity index (χ1) is 10.4. The molecule has 122 valence electrons. The summed E-state index contributed by atoms with van der Waals surface area (Å²) in [7, 11) is 0. The van der Waals surface area contributed by atoms with Crippen molar-refractivity contribution in [3.05, 3.63) is 29.8 Å². The Balaban J connectivity index is 2.47. The first-order valence-electron chi connectivity index (χ1n) is 7.78. The summed E-state index contributed by atoms with van der Waals surface area (Å²) in [5.74, 6) is 0.326. The summed E-state index contributed by atoms with van der Waals surface area (Å²) in [5, 5.41) is 5.73. The Morgan fingerprint density at radius 1 is 1.18 bits per heavy atom. The molecular formula is C17H27N3O2. The van der Waals surface area contributed by atoms with E-state index in [-0.39, 0.29) is 17.9 Å². The number of nitrogens with one attached hydrogen (secondary N) is 2. The molecule has 0 saturated carbocycles. The van der Waals surface area contributed by atoms with E-state index in [9.17, 15) is 9.59 Å². The highest BCUT2D eigenvalue weighted by molar-refractivity contribution is 5.90. The Morgan fingerprint density at radius 3 is 2.55 bits per heavy atom. The molecule has 0 heterocycles. The van der Waals surface area contributed by atoms with Gasteiger partial charge >= 0.3 is 0 Å². The molecule has 0 aliphatic rings. The largest absolute Gasteiger partial charge is 0.352 e. The molecule has 0 bridgehead atoms. The molecule has 0 radical (unpaired) electrons. The minimum absolute atomic E-state index is 0.00752. The van der Waals surface area contributed by atoms with E-state index in [0.29, 0.717) is 31.7 Å². The van der Waals surface area contributed by atoms with Crippen molar-refractivity contribution >= 4 is 17.5 Å². The molecule has 4 N–H and O–H groups in total. The van der Waals surface area contributed by atoms with Gasteiger partial charge in [0, 0.05) is 31.1 Å².